The largest absolute Gasteiger partial charge is 0.422 e. The number of benzene rings is 4. The van der Waals surface area contributed by atoms with Crippen LogP contribution in [0.15, 0.2) is 94.5 Å². The molecule has 0 spiro atoms. The highest BCUT2D eigenvalue weighted by molar-refractivity contribution is 9.10. The first kappa shape index (κ1) is 23.8. The average Bonchev–Trinajstić information content (AvgIpc) is 2.86. The van der Waals surface area contributed by atoms with Crippen LogP contribution in [0.5, 0.6) is 5.75 Å². The van der Waals surface area contributed by atoms with Gasteiger partial charge in [0.25, 0.3) is 5.69 Å². The SMILES string of the molecule is O=C(Cc1cccc2ccccc12)NN=Cc1cc(Br)ccc1OC(=O)c1ccc([N+](=O)[O-])cc1. The van der Waals surface area contributed by atoms with Gasteiger partial charge in [-0.3, -0.25) is 14.9 Å². The summed E-state index contributed by atoms with van der Waals surface area (Å²) in [5.41, 5.74) is 3.86. The third-order valence-corrected chi connectivity index (χ3v) is 5.61. The Kier molecular flexibility index (Phi) is 7.27. The standard InChI is InChI=1S/C26H18BrN3O5/c27-21-10-13-24(35-26(32)18-8-11-22(12-9-18)30(33)34)20(14-21)16-28-29-25(31)15-19-6-3-5-17-4-1-2-7-23(17)19/h1-14,16H,15H2,(H,29,31). The Morgan fingerprint density at radius 1 is 1.00 bits per heavy atom. The van der Waals surface area contributed by atoms with Gasteiger partial charge in [0.2, 0.25) is 5.91 Å². The normalized spacial score (nSPS) is 10.9. The number of esters is 1. The fourth-order valence-electron chi connectivity index (χ4n) is 3.42. The number of nitrogens with one attached hydrogen (secondary N) is 1. The second kappa shape index (κ2) is 10.7. The van der Waals surface area contributed by atoms with Gasteiger partial charge >= 0.3 is 5.97 Å². The van der Waals surface area contributed by atoms with Crippen LogP contribution in [0.1, 0.15) is 21.5 Å². The molecule has 0 unspecified atom stereocenters. The van der Waals surface area contributed by atoms with Gasteiger partial charge in [0, 0.05) is 22.2 Å². The van der Waals surface area contributed by atoms with Crippen LogP contribution in [0.25, 0.3) is 10.8 Å². The predicted octanol–water partition coefficient (Wildman–Crippen LogP) is 5.42. The molecule has 4 aromatic rings. The van der Waals surface area contributed by atoms with Gasteiger partial charge in [-0.05, 0) is 46.7 Å². The maximum absolute atomic E-state index is 12.5. The Hall–Kier alpha value is -4.37. The third kappa shape index (κ3) is 5.96. The van der Waals surface area contributed by atoms with E-state index in [9.17, 15) is 19.7 Å². The summed E-state index contributed by atoms with van der Waals surface area (Å²) in [6.45, 7) is 0. The minimum absolute atomic E-state index is 0.128. The molecule has 1 N–H and O–H groups in total. The summed E-state index contributed by atoms with van der Waals surface area (Å²) in [4.78, 5) is 35.2. The number of nitro groups is 1. The molecule has 0 aliphatic rings. The van der Waals surface area contributed by atoms with Crippen molar-refractivity contribution >= 4 is 50.5 Å². The first-order chi connectivity index (χ1) is 16.9. The van der Waals surface area contributed by atoms with Crippen molar-refractivity contribution in [1.82, 2.24) is 5.43 Å². The summed E-state index contributed by atoms with van der Waals surface area (Å²) in [6.07, 6.45) is 1.53. The van der Waals surface area contributed by atoms with E-state index in [1.807, 2.05) is 42.5 Å². The molecule has 4 aromatic carbocycles. The molecule has 0 saturated heterocycles. The van der Waals surface area contributed by atoms with Crippen molar-refractivity contribution in [3.8, 4) is 5.75 Å². The molecule has 8 nitrogen and oxygen atoms in total. The van der Waals surface area contributed by atoms with Crippen LogP contribution in [0, 0.1) is 10.1 Å². The monoisotopic (exact) mass is 531 g/mol. The second-order valence-electron chi connectivity index (χ2n) is 7.48. The van der Waals surface area contributed by atoms with E-state index in [2.05, 4.69) is 26.5 Å². The van der Waals surface area contributed by atoms with Crippen LogP contribution in [0.2, 0.25) is 0 Å². The van der Waals surface area contributed by atoms with Gasteiger partial charge in [-0.1, -0.05) is 58.4 Å². The van der Waals surface area contributed by atoms with Crippen molar-refractivity contribution in [3.05, 3.63) is 116 Å². The zero-order valence-electron chi connectivity index (χ0n) is 18.2. The van der Waals surface area contributed by atoms with E-state index < -0.39 is 10.9 Å². The van der Waals surface area contributed by atoms with Crippen LogP contribution in [0.3, 0.4) is 0 Å². The second-order valence-corrected chi connectivity index (χ2v) is 8.40. The van der Waals surface area contributed by atoms with Crippen molar-refractivity contribution in [2.75, 3.05) is 0 Å². The molecule has 174 valence electrons. The maximum atomic E-state index is 12.5. The molecule has 0 heterocycles. The number of nitrogens with zero attached hydrogens (tertiary/aromatic N) is 2. The van der Waals surface area contributed by atoms with Crippen LogP contribution in [-0.2, 0) is 11.2 Å². The van der Waals surface area contributed by atoms with Crippen LogP contribution < -0.4 is 10.2 Å². The van der Waals surface area contributed by atoms with Gasteiger partial charge in [0.15, 0.2) is 0 Å². The van der Waals surface area contributed by atoms with E-state index in [1.54, 1.807) is 18.2 Å². The van der Waals surface area contributed by atoms with Gasteiger partial charge in [-0.15, -0.1) is 0 Å². The molecule has 0 aliphatic heterocycles. The van der Waals surface area contributed by atoms with Gasteiger partial charge in [0.1, 0.15) is 5.75 Å². The molecular weight excluding hydrogens is 514 g/mol. The number of rotatable bonds is 7. The van der Waals surface area contributed by atoms with Gasteiger partial charge in [0.05, 0.1) is 23.1 Å². The number of nitro benzene ring substituents is 1. The number of hydrogen-bond acceptors (Lipinski definition) is 6. The van der Waals surface area contributed by atoms with E-state index in [1.165, 1.54) is 30.5 Å². The first-order valence-corrected chi connectivity index (χ1v) is 11.2. The number of non-ortho nitro benzene ring substituents is 1. The lowest BCUT2D eigenvalue weighted by atomic mass is 10.0. The zero-order valence-corrected chi connectivity index (χ0v) is 19.8. The number of halogens is 1. The molecule has 9 heteroatoms. The number of fused-ring (bicyclic) bond motifs is 1. The minimum atomic E-state index is -0.683. The Morgan fingerprint density at radius 3 is 2.51 bits per heavy atom. The van der Waals surface area contributed by atoms with Gasteiger partial charge in [-0.2, -0.15) is 5.10 Å². The molecule has 0 bridgehead atoms. The third-order valence-electron chi connectivity index (χ3n) is 5.11. The lowest BCUT2D eigenvalue weighted by molar-refractivity contribution is -0.384. The van der Waals surface area contributed by atoms with E-state index in [0.29, 0.717) is 5.56 Å². The summed E-state index contributed by atoms with van der Waals surface area (Å²) >= 11 is 3.36. The Bertz CT molecular complexity index is 1450. The van der Waals surface area contributed by atoms with Crippen LogP contribution >= 0.6 is 15.9 Å². The van der Waals surface area contributed by atoms with Crippen molar-refractivity contribution in [2.24, 2.45) is 5.10 Å². The Labute approximate surface area is 208 Å². The highest BCUT2D eigenvalue weighted by Gasteiger charge is 2.14. The van der Waals surface area contributed by atoms with E-state index in [4.69, 9.17) is 4.74 Å². The topological polar surface area (TPSA) is 111 Å². The quantitative estimate of drug-likeness (QED) is 0.112. The lowest BCUT2D eigenvalue weighted by Crippen LogP contribution is -2.20. The summed E-state index contributed by atoms with van der Waals surface area (Å²) in [5, 5.41) is 16.9. The number of carbonyl (C=O) groups is 2. The first-order valence-electron chi connectivity index (χ1n) is 10.5. The molecule has 0 radical (unpaired) electrons. The smallest absolute Gasteiger partial charge is 0.343 e. The van der Waals surface area contributed by atoms with E-state index >= 15 is 0 Å². The van der Waals surface area contributed by atoms with Crippen molar-refractivity contribution in [3.63, 3.8) is 0 Å². The summed E-state index contributed by atoms with van der Waals surface area (Å²) in [5.74, 6) is -0.766. The number of hydrogen-bond donors (Lipinski definition) is 1. The lowest BCUT2D eigenvalue weighted by Gasteiger charge is -2.08. The molecule has 0 aliphatic carbocycles. The minimum Gasteiger partial charge on any atom is -0.422 e. The summed E-state index contributed by atoms with van der Waals surface area (Å²) in [7, 11) is 0. The fraction of sp³-hybridized carbons (Fsp3) is 0.0385. The average molecular weight is 532 g/mol. The van der Waals surface area contributed by atoms with Crippen LogP contribution in [0.4, 0.5) is 5.69 Å². The molecule has 35 heavy (non-hydrogen) atoms. The van der Waals surface area contributed by atoms with E-state index in [-0.39, 0.29) is 29.3 Å². The molecule has 0 aromatic heterocycles. The molecule has 1 amide bonds. The highest BCUT2D eigenvalue weighted by Crippen LogP contribution is 2.23. The molecule has 4 rings (SSSR count). The Morgan fingerprint density at radius 2 is 1.74 bits per heavy atom. The molecule has 0 atom stereocenters. The Balaban J connectivity index is 1.44. The van der Waals surface area contributed by atoms with Crippen LogP contribution in [-0.4, -0.2) is 23.0 Å². The number of amides is 1. The van der Waals surface area contributed by atoms with Crippen molar-refractivity contribution in [1.29, 1.82) is 0 Å². The molecular formula is C26H18BrN3O5. The van der Waals surface area contributed by atoms with E-state index in [0.717, 1.165) is 20.8 Å². The fourth-order valence-corrected chi connectivity index (χ4v) is 3.80. The summed E-state index contributed by atoms with van der Waals surface area (Å²) in [6, 6.07) is 23.7. The van der Waals surface area contributed by atoms with Crippen molar-refractivity contribution in [2.45, 2.75) is 6.42 Å². The number of carbonyl (C=O) groups excluding carboxylic acids is 2. The maximum Gasteiger partial charge on any atom is 0.343 e. The zero-order chi connectivity index (χ0) is 24.8. The molecule has 0 saturated carbocycles. The predicted molar refractivity (Wildman–Crippen MR) is 136 cm³/mol. The number of ether oxygens (including phenoxy) is 1. The van der Waals surface area contributed by atoms with Gasteiger partial charge < -0.3 is 4.74 Å². The number of hydrazone groups is 1. The van der Waals surface area contributed by atoms with Gasteiger partial charge in [-0.25, -0.2) is 10.2 Å². The summed E-state index contributed by atoms with van der Waals surface area (Å²) < 4.78 is 6.17. The molecule has 0 fully saturated rings. The van der Waals surface area contributed by atoms with Crippen molar-refractivity contribution < 1.29 is 19.2 Å². The highest BCUT2D eigenvalue weighted by atomic mass is 79.9.